The lowest BCUT2D eigenvalue weighted by molar-refractivity contribution is -0.142. The van der Waals surface area contributed by atoms with E-state index in [0.29, 0.717) is 12.4 Å². The lowest BCUT2D eigenvalue weighted by Gasteiger charge is -2.28. The molecule has 3 nitrogen and oxygen atoms in total. The van der Waals surface area contributed by atoms with E-state index < -0.39 is 11.9 Å². The summed E-state index contributed by atoms with van der Waals surface area (Å²) < 4.78 is 39.7. The first-order chi connectivity index (χ1) is 7.82. The fourth-order valence-corrected chi connectivity index (χ4v) is 2.70. The van der Waals surface area contributed by atoms with Gasteiger partial charge < -0.3 is 5.32 Å². The number of nitrogens with one attached hydrogen (secondary N) is 1. The second-order valence-corrected chi connectivity index (χ2v) is 5.27. The molecule has 0 radical (unpaired) electrons. The summed E-state index contributed by atoms with van der Waals surface area (Å²) in [5, 5.41) is 6.67. The lowest BCUT2D eigenvalue weighted by atomic mass is 10.00. The molecule has 1 N–H and O–H groups in total. The topological polar surface area (TPSA) is 29.9 Å². The Hall–Kier alpha value is -0.720. The Bertz CT molecular complexity index is 425. The molecule has 0 saturated carbocycles. The Morgan fingerprint density at radius 1 is 1.47 bits per heavy atom. The third kappa shape index (κ3) is 2.17. The number of anilines is 1. The molecule has 0 spiro atoms. The van der Waals surface area contributed by atoms with Crippen molar-refractivity contribution in [2.45, 2.75) is 32.5 Å². The van der Waals surface area contributed by atoms with Gasteiger partial charge in [-0.05, 0) is 28.3 Å². The van der Waals surface area contributed by atoms with Gasteiger partial charge in [0, 0.05) is 6.54 Å². The summed E-state index contributed by atoms with van der Waals surface area (Å²) in [6, 6.07) is 0.0126. The zero-order valence-corrected chi connectivity index (χ0v) is 11.1. The molecule has 0 bridgehead atoms. The first kappa shape index (κ1) is 12.7. The van der Waals surface area contributed by atoms with Gasteiger partial charge >= 0.3 is 6.18 Å². The van der Waals surface area contributed by atoms with Crippen LogP contribution in [0.5, 0.6) is 0 Å². The maximum atomic E-state index is 12.7. The van der Waals surface area contributed by atoms with Gasteiger partial charge in [-0.2, -0.15) is 18.3 Å². The maximum Gasteiger partial charge on any atom is 0.436 e. The van der Waals surface area contributed by atoms with Crippen LogP contribution in [0, 0.1) is 5.92 Å². The molecule has 2 rings (SSSR count). The van der Waals surface area contributed by atoms with Gasteiger partial charge in [0.25, 0.3) is 0 Å². The second-order valence-electron chi connectivity index (χ2n) is 4.48. The average Bonchev–Trinajstić information content (AvgIpc) is 2.55. The van der Waals surface area contributed by atoms with E-state index in [0.717, 1.165) is 6.42 Å². The molecular formula is C10H13BrF3N3. The summed E-state index contributed by atoms with van der Waals surface area (Å²) in [5.74, 6) is 0.686. The highest BCUT2D eigenvalue weighted by Gasteiger charge is 2.40. The zero-order chi connectivity index (χ0) is 12.8. The molecule has 7 heteroatoms. The molecule has 0 saturated heterocycles. The third-order valence-electron chi connectivity index (χ3n) is 2.94. The minimum absolute atomic E-state index is 0.00958. The van der Waals surface area contributed by atoms with Crippen LogP contribution < -0.4 is 5.32 Å². The van der Waals surface area contributed by atoms with Crippen molar-refractivity contribution in [2.24, 2.45) is 5.92 Å². The van der Waals surface area contributed by atoms with Crippen LogP contribution in [0.3, 0.4) is 0 Å². The van der Waals surface area contributed by atoms with Crippen molar-refractivity contribution >= 4 is 21.7 Å². The third-order valence-corrected chi connectivity index (χ3v) is 3.69. The summed E-state index contributed by atoms with van der Waals surface area (Å²) >= 11 is 2.98. The molecule has 1 aliphatic rings. The Kier molecular flexibility index (Phi) is 3.14. The molecule has 0 aromatic carbocycles. The standard InChI is InChI=1S/C10H13BrF3N3/c1-5(2)6-3-4-15-9-7(11)8(10(12,13)14)16-17(6)9/h5-6,15H,3-4H2,1-2H3. The van der Waals surface area contributed by atoms with Gasteiger partial charge in [0.2, 0.25) is 0 Å². The summed E-state index contributed by atoms with van der Waals surface area (Å²) in [7, 11) is 0. The van der Waals surface area contributed by atoms with E-state index in [1.165, 1.54) is 4.68 Å². The van der Waals surface area contributed by atoms with Crippen LogP contribution in [0.25, 0.3) is 0 Å². The van der Waals surface area contributed by atoms with Crippen LogP contribution in [0.15, 0.2) is 4.47 Å². The van der Waals surface area contributed by atoms with Gasteiger partial charge in [0.05, 0.1) is 10.5 Å². The van der Waals surface area contributed by atoms with E-state index >= 15 is 0 Å². The molecule has 0 aliphatic carbocycles. The lowest BCUT2D eigenvalue weighted by Crippen LogP contribution is -2.27. The predicted octanol–water partition coefficient (Wildman–Crippen LogP) is 3.68. The molecule has 96 valence electrons. The van der Waals surface area contributed by atoms with Gasteiger partial charge in [-0.25, -0.2) is 4.68 Å². The van der Waals surface area contributed by atoms with Crippen LogP contribution in [0.2, 0.25) is 0 Å². The summed E-state index contributed by atoms with van der Waals surface area (Å²) in [6.45, 7) is 4.65. The van der Waals surface area contributed by atoms with Gasteiger partial charge in [-0.1, -0.05) is 13.8 Å². The predicted molar refractivity (Wildman–Crippen MR) is 61.9 cm³/mol. The molecule has 2 heterocycles. The smallest absolute Gasteiger partial charge is 0.369 e. The van der Waals surface area contributed by atoms with Gasteiger partial charge in [-0.15, -0.1) is 0 Å². The number of nitrogens with zero attached hydrogens (tertiary/aromatic N) is 2. The van der Waals surface area contributed by atoms with Crippen LogP contribution in [-0.4, -0.2) is 16.3 Å². The number of fused-ring (bicyclic) bond motifs is 1. The minimum Gasteiger partial charge on any atom is -0.369 e. The van der Waals surface area contributed by atoms with Crippen molar-refractivity contribution in [3.8, 4) is 0 Å². The zero-order valence-electron chi connectivity index (χ0n) is 9.48. The highest BCUT2D eigenvalue weighted by molar-refractivity contribution is 9.10. The average molecular weight is 312 g/mol. The highest BCUT2D eigenvalue weighted by Crippen LogP contribution is 2.41. The maximum absolute atomic E-state index is 12.7. The van der Waals surface area contributed by atoms with Crippen molar-refractivity contribution < 1.29 is 13.2 Å². The van der Waals surface area contributed by atoms with Crippen LogP contribution in [-0.2, 0) is 6.18 Å². The second kappa shape index (κ2) is 4.19. The van der Waals surface area contributed by atoms with E-state index in [2.05, 4.69) is 26.3 Å². The van der Waals surface area contributed by atoms with Crippen molar-refractivity contribution in [3.05, 3.63) is 10.2 Å². The van der Waals surface area contributed by atoms with E-state index in [1.807, 2.05) is 13.8 Å². The summed E-state index contributed by atoms with van der Waals surface area (Å²) in [5.41, 5.74) is -0.854. The van der Waals surface area contributed by atoms with Crippen molar-refractivity contribution in [2.75, 3.05) is 11.9 Å². The van der Waals surface area contributed by atoms with E-state index in [1.54, 1.807) is 0 Å². The number of aromatic nitrogens is 2. The largest absolute Gasteiger partial charge is 0.436 e. The van der Waals surface area contributed by atoms with E-state index in [-0.39, 0.29) is 16.4 Å². The SMILES string of the molecule is CC(C)C1CCNc2c(Br)c(C(F)(F)F)nn21. The normalized spacial score (nSPS) is 20.3. The Morgan fingerprint density at radius 3 is 2.65 bits per heavy atom. The summed E-state index contributed by atoms with van der Waals surface area (Å²) in [6.07, 6.45) is -3.64. The first-order valence-electron chi connectivity index (χ1n) is 5.41. The molecule has 1 unspecified atom stereocenters. The van der Waals surface area contributed by atoms with Gasteiger partial charge in [-0.3, -0.25) is 0 Å². The van der Waals surface area contributed by atoms with Crippen molar-refractivity contribution in [1.82, 2.24) is 9.78 Å². The van der Waals surface area contributed by atoms with Crippen LogP contribution in [0.1, 0.15) is 32.0 Å². The highest BCUT2D eigenvalue weighted by atomic mass is 79.9. The first-order valence-corrected chi connectivity index (χ1v) is 6.20. The molecule has 0 fully saturated rings. The van der Waals surface area contributed by atoms with Crippen LogP contribution in [0.4, 0.5) is 19.0 Å². The Balaban J connectivity index is 2.50. The molecule has 1 aromatic heterocycles. The number of rotatable bonds is 1. The Morgan fingerprint density at radius 2 is 2.12 bits per heavy atom. The molecule has 1 atom stereocenters. The fraction of sp³-hybridized carbons (Fsp3) is 0.700. The summed E-state index contributed by atoms with van der Waals surface area (Å²) in [4.78, 5) is 0. The minimum atomic E-state index is -4.42. The molecule has 1 aliphatic heterocycles. The van der Waals surface area contributed by atoms with Crippen molar-refractivity contribution in [1.29, 1.82) is 0 Å². The van der Waals surface area contributed by atoms with Gasteiger partial charge in [0.15, 0.2) is 5.69 Å². The van der Waals surface area contributed by atoms with Gasteiger partial charge in [0.1, 0.15) is 5.82 Å². The van der Waals surface area contributed by atoms with E-state index in [9.17, 15) is 13.2 Å². The molecule has 1 aromatic rings. The fourth-order valence-electron chi connectivity index (χ4n) is 2.07. The van der Waals surface area contributed by atoms with Crippen LogP contribution >= 0.6 is 15.9 Å². The molecular weight excluding hydrogens is 299 g/mol. The number of hydrogen-bond donors (Lipinski definition) is 1. The Labute approximate surface area is 106 Å². The number of halogens is 4. The number of alkyl halides is 3. The van der Waals surface area contributed by atoms with E-state index in [4.69, 9.17) is 0 Å². The quantitative estimate of drug-likeness (QED) is 0.857. The monoisotopic (exact) mass is 311 g/mol. The molecule has 17 heavy (non-hydrogen) atoms. The molecule has 0 amide bonds. The number of hydrogen-bond acceptors (Lipinski definition) is 2. The van der Waals surface area contributed by atoms with Crippen molar-refractivity contribution in [3.63, 3.8) is 0 Å².